The molecule has 1 N–H and O–H groups in total. The number of nitrogens with zero attached hydrogens (tertiary/aromatic N) is 3. The minimum atomic E-state index is -1.11. The summed E-state index contributed by atoms with van der Waals surface area (Å²) < 4.78 is 12.1. The molecule has 0 saturated heterocycles. The molecule has 0 atom stereocenters. The number of para-hydroxylation sites is 1. The molecule has 8 nitrogen and oxygen atoms in total. The number of aromatic nitrogens is 3. The minimum absolute atomic E-state index is 0.0327. The van der Waals surface area contributed by atoms with Crippen LogP contribution in [-0.4, -0.2) is 38.4 Å². The second-order valence-electron chi connectivity index (χ2n) is 5.77. The first-order valence-electron chi connectivity index (χ1n) is 8.70. The highest BCUT2D eigenvalue weighted by Crippen LogP contribution is 2.30. The number of fused-ring (bicyclic) bond motifs is 1. The molecule has 0 bridgehead atoms. The van der Waals surface area contributed by atoms with Gasteiger partial charge in [-0.2, -0.15) is 0 Å². The summed E-state index contributed by atoms with van der Waals surface area (Å²) in [5, 5.41) is 18.3. The number of esters is 1. The maximum atomic E-state index is 11.9. The van der Waals surface area contributed by atoms with E-state index in [1.165, 1.54) is 6.08 Å². The fraction of sp³-hybridized carbons (Fsp3) is 0.263. The Hall–Kier alpha value is -3.07. The molecular weight excluding hydrogens is 382 g/mol. The predicted molar refractivity (Wildman–Crippen MR) is 104 cm³/mol. The summed E-state index contributed by atoms with van der Waals surface area (Å²) >= 11 is 0.888. The van der Waals surface area contributed by atoms with Crippen LogP contribution in [0.15, 0.2) is 45.0 Å². The van der Waals surface area contributed by atoms with Crippen molar-refractivity contribution in [1.29, 1.82) is 0 Å². The number of carbonyl (C=O) groups excluding carboxylic acids is 1. The molecule has 0 aliphatic carbocycles. The fourth-order valence-electron chi connectivity index (χ4n) is 2.66. The van der Waals surface area contributed by atoms with Crippen LogP contribution in [0.5, 0.6) is 0 Å². The maximum Gasteiger partial charge on any atom is 0.342 e. The first kappa shape index (κ1) is 19.7. The van der Waals surface area contributed by atoms with Crippen molar-refractivity contribution >= 4 is 40.7 Å². The Morgan fingerprint density at radius 3 is 2.75 bits per heavy atom. The number of carbonyl (C=O) groups is 2. The van der Waals surface area contributed by atoms with E-state index in [-0.39, 0.29) is 22.6 Å². The lowest BCUT2D eigenvalue weighted by molar-refractivity contribution is -0.143. The Labute approximate surface area is 165 Å². The molecule has 0 saturated carbocycles. The number of carboxylic acid groups (broad SMARTS) is 1. The van der Waals surface area contributed by atoms with Crippen LogP contribution < -0.4 is 0 Å². The largest absolute Gasteiger partial charge is 0.477 e. The number of hydrogen-bond acceptors (Lipinski definition) is 7. The molecule has 0 radical (unpaired) electrons. The van der Waals surface area contributed by atoms with E-state index in [4.69, 9.17) is 9.15 Å². The zero-order valence-corrected chi connectivity index (χ0v) is 16.2. The van der Waals surface area contributed by atoms with Crippen molar-refractivity contribution in [3.05, 3.63) is 46.8 Å². The summed E-state index contributed by atoms with van der Waals surface area (Å²) in [6, 6.07) is 7.45. The van der Waals surface area contributed by atoms with Gasteiger partial charge in [-0.25, -0.2) is 4.79 Å². The van der Waals surface area contributed by atoms with Gasteiger partial charge in [0, 0.05) is 29.1 Å². The number of hydrogen-bond donors (Lipinski definition) is 1. The van der Waals surface area contributed by atoms with Crippen molar-refractivity contribution in [2.75, 3.05) is 6.61 Å². The SMILES string of the molecule is CCOC(=O)Cn1cc(/C=C(\Sc2nnc(CC)o2)C(=O)O)c2ccccc21. The van der Waals surface area contributed by atoms with Crippen molar-refractivity contribution in [3.63, 3.8) is 0 Å². The van der Waals surface area contributed by atoms with Gasteiger partial charge in [-0.05, 0) is 30.8 Å². The molecule has 146 valence electrons. The van der Waals surface area contributed by atoms with Gasteiger partial charge in [-0.1, -0.05) is 25.1 Å². The summed E-state index contributed by atoms with van der Waals surface area (Å²) in [5.41, 5.74) is 1.47. The van der Waals surface area contributed by atoms with Gasteiger partial charge >= 0.3 is 11.9 Å². The monoisotopic (exact) mass is 401 g/mol. The highest BCUT2D eigenvalue weighted by atomic mass is 32.2. The molecule has 3 aromatic rings. The van der Waals surface area contributed by atoms with Gasteiger partial charge < -0.3 is 18.8 Å². The van der Waals surface area contributed by atoms with Crippen LogP contribution >= 0.6 is 11.8 Å². The third kappa shape index (κ3) is 4.42. The van der Waals surface area contributed by atoms with E-state index in [2.05, 4.69) is 10.2 Å². The molecule has 28 heavy (non-hydrogen) atoms. The lowest BCUT2D eigenvalue weighted by Gasteiger charge is -2.04. The molecule has 3 rings (SSSR count). The minimum Gasteiger partial charge on any atom is -0.477 e. The molecule has 0 fully saturated rings. The number of aryl methyl sites for hydroxylation is 1. The van der Waals surface area contributed by atoms with Gasteiger partial charge in [-0.15, -0.1) is 10.2 Å². The van der Waals surface area contributed by atoms with E-state index < -0.39 is 5.97 Å². The number of benzene rings is 1. The Kier molecular flexibility index (Phi) is 6.15. The smallest absolute Gasteiger partial charge is 0.342 e. The average molecular weight is 401 g/mol. The number of thioether (sulfide) groups is 1. The Balaban J connectivity index is 1.97. The van der Waals surface area contributed by atoms with Crippen molar-refractivity contribution < 1.29 is 23.8 Å². The Morgan fingerprint density at radius 1 is 1.29 bits per heavy atom. The molecule has 0 amide bonds. The quantitative estimate of drug-likeness (QED) is 0.348. The first-order chi connectivity index (χ1) is 13.5. The molecule has 2 heterocycles. The normalized spacial score (nSPS) is 11.7. The summed E-state index contributed by atoms with van der Waals surface area (Å²) in [5.74, 6) is -1.02. The van der Waals surface area contributed by atoms with E-state index in [9.17, 15) is 14.7 Å². The Bertz CT molecular complexity index is 1040. The molecule has 0 unspecified atom stereocenters. The number of ether oxygens (including phenoxy) is 1. The van der Waals surface area contributed by atoms with Crippen LogP contribution in [0, 0.1) is 0 Å². The third-order valence-corrected chi connectivity index (χ3v) is 4.72. The Morgan fingerprint density at radius 2 is 2.07 bits per heavy atom. The van der Waals surface area contributed by atoms with Gasteiger partial charge in [0.15, 0.2) is 0 Å². The second-order valence-corrected chi connectivity index (χ2v) is 6.76. The van der Waals surface area contributed by atoms with E-state index in [0.717, 1.165) is 22.7 Å². The van der Waals surface area contributed by atoms with Crippen molar-refractivity contribution in [2.45, 2.75) is 32.0 Å². The van der Waals surface area contributed by atoms with E-state index in [1.54, 1.807) is 17.7 Å². The van der Waals surface area contributed by atoms with Gasteiger partial charge in [-0.3, -0.25) is 4.79 Å². The van der Waals surface area contributed by atoms with Gasteiger partial charge in [0.2, 0.25) is 5.89 Å². The highest BCUT2D eigenvalue weighted by Gasteiger charge is 2.17. The van der Waals surface area contributed by atoms with E-state index in [1.807, 2.05) is 31.2 Å². The summed E-state index contributed by atoms with van der Waals surface area (Å²) in [6.07, 6.45) is 3.84. The van der Waals surface area contributed by atoms with Crippen LogP contribution in [0.3, 0.4) is 0 Å². The predicted octanol–water partition coefficient (Wildman–Crippen LogP) is 3.37. The molecule has 0 aliphatic heterocycles. The molecule has 1 aromatic carbocycles. The van der Waals surface area contributed by atoms with Gasteiger partial charge in [0.1, 0.15) is 11.4 Å². The number of carboxylic acids is 1. The number of aliphatic carboxylic acids is 1. The van der Waals surface area contributed by atoms with Crippen LogP contribution in [0.1, 0.15) is 25.3 Å². The van der Waals surface area contributed by atoms with E-state index in [0.29, 0.717) is 24.5 Å². The van der Waals surface area contributed by atoms with Crippen molar-refractivity contribution in [1.82, 2.24) is 14.8 Å². The average Bonchev–Trinajstić information content (AvgIpc) is 3.26. The van der Waals surface area contributed by atoms with Crippen LogP contribution in [0.25, 0.3) is 17.0 Å². The second kappa shape index (κ2) is 8.75. The number of rotatable bonds is 8. The lowest BCUT2D eigenvalue weighted by Crippen LogP contribution is -2.12. The third-order valence-electron chi connectivity index (χ3n) is 3.87. The van der Waals surface area contributed by atoms with Gasteiger partial charge in [0.05, 0.1) is 6.61 Å². The summed E-state index contributed by atoms with van der Waals surface area (Å²) in [6.45, 7) is 3.96. The highest BCUT2D eigenvalue weighted by molar-refractivity contribution is 8.03. The van der Waals surface area contributed by atoms with E-state index >= 15 is 0 Å². The summed E-state index contributed by atoms with van der Waals surface area (Å²) in [4.78, 5) is 23.6. The zero-order chi connectivity index (χ0) is 20.1. The molecule has 0 aliphatic rings. The lowest BCUT2D eigenvalue weighted by atomic mass is 10.1. The van der Waals surface area contributed by atoms with Crippen LogP contribution in [0.2, 0.25) is 0 Å². The maximum absolute atomic E-state index is 11.9. The fourth-order valence-corrected chi connectivity index (χ4v) is 3.34. The topological polar surface area (TPSA) is 107 Å². The molecular formula is C19H19N3O5S. The molecule has 9 heteroatoms. The zero-order valence-electron chi connectivity index (χ0n) is 15.4. The first-order valence-corrected chi connectivity index (χ1v) is 9.52. The molecule has 0 spiro atoms. The standard InChI is InChI=1S/C19H19N3O5S/c1-3-16-20-21-19(27-16)28-15(18(24)25)9-12-10-22(11-17(23)26-4-2)14-8-6-5-7-13(12)14/h5-10H,3-4,11H2,1-2H3,(H,24,25)/b15-9-. The van der Waals surface area contributed by atoms with Crippen molar-refractivity contribution in [2.24, 2.45) is 0 Å². The van der Waals surface area contributed by atoms with Crippen LogP contribution in [-0.2, 0) is 27.3 Å². The van der Waals surface area contributed by atoms with Crippen LogP contribution in [0.4, 0.5) is 0 Å². The summed E-state index contributed by atoms with van der Waals surface area (Å²) in [7, 11) is 0. The van der Waals surface area contributed by atoms with Crippen molar-refractivity contribution in [3.8, 4) is 0 Å². The molecule has 2 aromatic heterocycles. The van der Waals surface area contributed by atoms with Gasteiger partial charge in [0.25, 0.3) is 5.22 Å².